The normalized spacial score (nSPS) is 10.9. The van der Waals surface area contributed by atoms with Gasteiger partial charge in [0.1, 0.15) is 0 Å². The maximum atomic E-state index is 5.85. The number of aryl methyl sites for hydroxylation is 1. The number of nitrogens with one attached hydrogen (secondary N) is 1. The molecule has 0 atom stereocenters. The fourth-order valence-corrected chi connectivity index (χ4v) is 2.76. The fourth-order valence-electron chi connectivity index (χ4n) is 2.65. The van der Waals surface area contributed by atoms with Crippen LogP contribution < -0.4 is 15.8 Å². The van der Waals surface area contributed by atoms with Crippen LogP contribution in [-0.4, -0.2) is 19.5 Å². The summed E-state index contributed by atoms with van der Waals surface area (Å²) in [5.41, 5.74) is 9.44. The van der Waals surface area contributed by atoms with Crippen LogP contribution in [-0.2, 0) is 13.6 Å². The third-order valence-electron chi connectivity index (χ3n) is 4.06. The molecule has 0 saturated heterocycles. The molecule has 1 aromatic carbocycles. The van der Waals surface area contributed by atoms with Gasteiger partial charge in [0, 0.05) is 43.8 Å². The quantitative estimate of drug-likeness (QED) is 0.508. The number of hydrogen-bond acceptors (Lipinski definition) is 6. The number of aromatic nitrogens is 4. The van der Waals surface area contributed by atoms with E-state index in [0.29, 0.717) is 29.0 Å². The Balaban J connectivity index is 1.43. The molecule has 3 aromatic heterocycles. The molecule has 0 amide bonds. The zero-order chi connectivity index (χ0) is 18.8. The molecule has 0 unspecified atom stereocenters. The van der Waals surface area contributed by atoms with Gasteiger partial charge in [-0.25, -0.2) is 15.0 Å². The Hall–Kier alpha value is -3.32. The summed E-state index contributed by atoms with van der Waals surface area (Å²) in [5, 5.41) is 3.87. The molecule has 0 aliphatic rings. The Bertz CT molecular complexity index is 1080. The monoisotopic (exact) mass is 380 g/mol. The Morgan fingerprint density at radius 1 is 1.07 bits per heavy atom. The molecule has 8 heteroatoms. The van der Waals surface area contributed by atoms with Crippen LogP contribution >= 0.6 is 11.6 Å². The highest BCUT2D eigenvalue weighted by Gasteiger charge is 2.08. The molecule has 136 valence electrons. The number of nitrogens with zero attached hydrogens (tertiary/aromatic N) is 4. The molecule has 0 aliphatic heterocycles. The molecule has 0 radical (unpaired) electrons. The van der Waals surface area contributed by atoms with Crippen LogP contribution in [0.3, 0.4) is 0 Å². The van der Waals surface area contributed by atoms with Crippen molar-refractivity contribution in [3.05, 3.63) is 65.4 Å². The standard InChI is InChI=1S/C19H17ClN6O/c1-26-16-8-14(21)4-5-15(16)25-19(26)24-10-12-2-6-17(22-9-12)27-18-7-3-13(20)11-23-18/h2-9,11H,10,21H2,1H3,(H,24,25). The summed E-state index contributed by atoms with van der Waals surface area (Å²) < 4.78 is 7.57. The minimum absolute atomic E-state index is 0.441. The van der Waals surface area contributed by atoms with Crippen LogP contribution in [0.4, 0.5) is 11.6 Å². The zero-order valence-corrected chi connectivity index (χ0v) is 15.3. The van der Waals surface area contributed by atoms with Crippen molar-refractivity contribution in [2.45, 2.75) is 6.54 Å². The number of nitrogen functional groups attached to an aromatic ring is 1. The Morgan fingerprint density at radius 2 is 1.85 bits per heavy atom. The lowest BCUT2D eigenvalue weighted by atomic mass is 10.3. The average Bonchev–Trinajstić information content (AvgIpc) is 2.98. The number of pyridine rings is 2. The maximum Gasteiger partial charge on any atom is 0.221 e. The van der Waals surface area contributed by atoms with Crippen LogP contribution in [0.1, 0.15) is 5.56 Å². The van der Waals surface area contributed by atoms with Gasteiger partial charge in [0.2, 0.25) is 17.7 Å². The van der Waals surface area contributed by atoms with E-state index < -0.39 is 0 Å². The number of benzene rings is 1. The van der Waals surface area contributed by atoms with E-state index in [0.717, 1.165) is 22.5 Å². The predicted molar refractivity (Wildman–Crippen MR) is 106 cm³/mol. The van der Waals surface area contributed by atoms with E-state index in [1.807, 2.05) is 35.9 Å². The van der Waals surface area contributed by atoms with Gasteiger partial charge in [-0.2, -0.15) is 0 Å². The molecule has 7 nitrogen and oxygen atoms in total. The minimum atomic E-state index is 0.441. The number of hydrogen-bond donors (Lipinski definition) is 2. The molecule has 27 heavy (non-hydrogen) atoms. The largest absolute Gasteiger partial charge is 0.421 e. The van der Waals surface area contributed by atoms with Gasteiger partial charge in [-0.15, -0.1) is 0 Å². The highest BCUT2D eigenvalue weighted by Crippen LogP contribution is 2.22. The average molecular weight is 381 g/mol. The Labute approximate surface area is 160 Å². The lowest BCUT2D eigenvalue weighted by Gasteiger charge is -2.07. The van der Waals surface area contributed by atoms with E-state index in [-0.39, 0.29) is 0 Å². The van der Waals surface area contributed by atoms with Gasteiger partial charge < -0.3 is 20.4 Å². The molecule has 3 N–H and O–H groups in total. The minimum Gasteiger partial charge on any atom is -0.421 e. The van der Waals surface area contributed by atoms with Crippen molar-refractivity contribution in [3.63, 3.8) is 0 Å². The highest BCUT2D eigenvalue weighted by molar-refractivity contribution is 6.30. The predicted octanol–water partition coefficient (Wildman–Crippen LogP) is 4.00. The van der Waals surface area contributed by atoms with E-state index >= 15 is 0 Å². The first-order valence-corrected chi connectivity index (χ1v) is 8.66. The number of anilines is 2. The third-order valence-corrected chi connectivity index (χ3v) is 4.29. The summed E-state index contributed by atoms with van der Waals surface area (Å²) in [6.07, 6.45) is 3.28. The molecule has 0 bridgehead atoms. The van der Waals surface area contributed by atoms with E-state index in [2.05, 4.69) is 20.3 Å². The molecule has 3 heterocycles. The summed E-state index contributed by atoms with van der Waals surface area (Å²) >= 11 is 5.81. The zero-order valence-electron chi connectivity index (χ0n) is 14.6. The topological polar surface area (TPSA) is 90.9 Å². The van der Waals surface area contributed by atoms with Gasteiger partial charge >= 0.3 is 0 Å². The SMILES string of the molecule is Cn1c(NCc2ccc(Oc3ccc(Cl)cn3)nc2)nc2ccc(N)cc21. The van der Waals surface area contributed by atoms with Gasteiger partial charge in [-0.05, 0) is 29.8 Å². The summed E-state index contributed by atoms with van der Waals surface area (Å²) in [5.74, 6) is 1.67. The number of imidazole rings is 1. The molecular weight excluding hydrogens is 364 g/mol. The molecule has 4 rings (SSSR count). The molecule has 0 fully saturated rings. The van der Waals surface area contributed by atoms with Crippen LogP contribution in [0.15, 0.2) is 54.9 Å². The summed E-state index contributed by atoms with van der Waals surface area (Å²) in [7, 11) is 1.95. The van der Waals surface area contributed by atoms with Gasteiger partial charge in [0.15, 0.2) is 0 Å². The van der Waals surface area contributed by atoms with Crippen LogP contribution in [0.25, 0.3) is 11.0 Å². The molecule has 0 aliphatic carbocycles. The lowest BCUT2D eigenvalue weighted by Crippen LogP contribution is -2.05. The second-order valence-electron chi connectivity index (χ2n) is 6.02. The third kappa shape index (κ3) is 3.78. The number of fused-ring (bicyclic) bond motifs is 1. The first kappa shape index (κ1) is 17.1. The second-order valence-corrected chi connectivity index (χ2v) is 6.45. The van der Waals surface area contributed by atoms with Crippen LogP contribution in [0, 0.1) is 0 Å². The molecule has 0 saturated carbocycles. The summed E-state index contributed by atoms with van der Waals surface area (Å²) in [6, 6.07) is 12.8. The van der Waals surface area contributed by atoms with Crippen LogP contribution in [0.2, 0.25) is 5.02 Å². The maximum absolute atomic E-state index is 5.85. The van der Waals surface area contributed by atoms with Crippen molar-refractivity contribution in [3.8, 4) is 11.8 Å². The molecular formula is C19H17ClN6O. The lowest BCUT2D eigenvalue weighted by molar-refractivity contribution is 0.444. The first-order chi connectivity index (χ1) is 13.1. The first-order valence-electron chi connectivity index (χ1n) is 8.29. The van der Waals surface area contributed by atoms with Crippen molar-refractivity contribution < 1.29 is 4.74 Å². The van der Waals surface area contributed by atoms with E-state index in [1.54, 1.807) is 24.4 Å². The number of nitrogens with two attached hydrogens (primary N) is 1. The van der Waals surface area contributed by atoms with Crippen molar-refractivity contribution in [2.75, 3.05) is 11.1 Å². The Morgan fingerprint density at radius 3 is 2.56 bits per heavy atom. The number of ether oxygens (including phenoxy) is 1. The van der Waals surface area contributed by atoms with Crippen LogP contribution in [0.5, 0.6) is 11.8 Å². The second kappa shape index (κ2) is 7.13. The van der Waals surface area contributed by atoms with E-state index in [9.17, 15) is 0 Å². The Kier molecular flexibility index (Phi) is 4.52. The molecule has 0 spiro atoms. The van der Waals surface area contributed by atoms with E-state index in [1.165, 1.54) is 6.20 Å². The van der Waals surface area contributed by atoms with Gasteiger partial charge in [0.25, 0.3) is 0 Å². The molecule has 4 aromatic rings. The fraction of sp³-hybridized carbons (Fsp3) is 0.105. The number of rotatable bonds is 5. The van der Waals surface area contributed by atoms with Crippen molar-refractivity contribution in [1.82, 2.24) is 19.5 Å². The van der Waals surface area contributed by atoms with Gasteiger partial charge in [-0.3, -0.25) is 0 Å². The van der Waals surface area contributed by atoms with Crippen molar-refractivity contribution in [1.29, 1.82) is 0 Å². The van der Waals surface area contributed by atoms with E-state index in [4.69, 9.17) is 22.1 Å². The van der Waals surface area contributed by atoms with Gasteiger partial charge in [0.05, 0.1) is 16.1 Å². The smallest absolute Gasteiger partial charge is 0.221 e. The number of halogens is 1. The van der Waals surface area contributed by atoms with Gasteiger partial charge in [-0.1, -0.05) is 17.7 Å². The van der Waals surface area contributed by atoms with Crippen molar-refractivity contribution in [2.24, 2.45) is 7.05 Å². The highest BCUT2D eigenvalue weighted by atomic mass is 35.5. The van der Waals surface area contributed by atoms with Crippen molar-refractivity contribution >= 4 is 34.3 Å². The summed E-state index contributed by atoms with van der Waals surface area (Å²) in [4.78, 5) is 13.0. The summed E-state index contributed by atoms with van der Waals surface area (Å²) in [6.45, 7) is 0.582.